The van der Waals surface area contributed by atoms with E-state index in [0.717, 1.165) is 12.8 Å². The molecule has 0 aliphatic heterocycles. The second-order valence-corrected chi connectivity index (χ2v) is 4.80. The van der Waals surface area contributed by atoms with E-state index >= 15 is 0 Å². The molecule has 2 N–H and O–H groups in total. The lowest BCUT2D eigenvalue weighted by Crippen LogP contribution is -2.33. The van der Waals surface area contributed by atoms with Crippen LogP contribution in [0.3, 0.4) is 0 Å². The average Bonchev–Trinajstić information content (AvgIpc) is 2.74. The minimum absolute atomic E-state index is 0.0164. The fourth-order valence-corrected chi connectivity index (χ4v) is 2.20. The monoisotopic (exact) mass is 263 g/mol. The molecule has 19 heavy (non-hydrogen) atoms. The lowest BCUT2D eigenvalue weighted by molar-refractivity contribution is -0.384. The minimum atomic E-state index is -0.467. The van der Waals surface area contributed by atoms with Crippen molar-refractivity contribution < 1.29 is 14.4 Å². The normalized spacial score (nSPS) is 22.2. The summed E-state index contributed by atoms with van der Waals surface area (Å²) in [6, 6.07) is 4.68. The van der Waals surface area contributed by atoms with E-state index < -0.39 is 4.92 Å². The molecule has 7 nitrogen and oxygen atoms in total. The van der Waals surface area contributed by atoms with Crippen LogP contribution >= 0.6 is 0 Å². The number of nitro benzene ring substituents is 1. The Balaban J connectivity index is 1.72. The smallest absolute Gasteiger partial charge is 0.295 e. The molecule has 0 atom stereocenters. The summed E-state index contributed by atoms with van der Waals surface area (Å²) in [6.45, 7) is 0.686. The van der Waals surface area contributed by atoms with Gasteiger partial charge in [0.2, 0.25) is 0 Å². The molecule has 3 rings (SSSR count). The molecule has 1 aromatic heterocycles. The Bertz CT molecular complexity index is 618. The van der Waals surface area contributed by atoms with E-state index in [-0.39, 0.29) is 11.8 Å². The van der Waals surface area contributed by atoms with Gasteiger partial charge in [-0.05, 0) is 24.8 Å². The van der Waals surface area contributed by atoms with Crippen molar-refractivity contribution in [2.45, 2.75) is 18.9 Å². The summed E-state index contributed by atoms with van der Waals surface area (Å²) >= 11 is 0. The zero-order valence-corrected chi connectivity index (χ0v) is 10.1. The Labute approximate surface area is 108 Å². The van der Waals surface area contributed by atoms with Crippen molar-refractivity contribution in [3.05, 3.63) is 28.3 Å². The Hall–Kier alpha value is -2.15. The van der Waals surface area contributed by atoms with E-state index in [1.54, 1.807) is 6.07 Å². The lowest BCUT2D eigenvalue weighted by Gasteiger charge is -2.30. The van der Waals surface area contributed by atoms with Gasteiger partial charge in [-0.15, -0.1) is 0 Å². The molecule has 0 amide bonds. The van der Waals surface area contributed by atoms with Gasteiger partial charge in [-0.25, -0.2) is 0 Å². The first-order valence-corrected chi connectivity index (χ1v) is 6.09. The minimum Gasteiger partial charge on any atom is -0.423 e. The molecule has 1 aromatic carbocycles. The third-order valence-corrected chi connectivity index (χ3v) is 3.34. The van der Waals surface area contributed by atoms with Gasteiger partial charge in [0.1, 0.15) is 5.52 Å². The number of rotatable bonds is 4. The second-order valence-electron chi connectivity index (χ2n) is 4.80. The van der Waals surface area contributed by atoms with Crippen LogP contribution in [-0.4, -0.2) is 27.7 Å². The first kappa shape index (κ1) is 11.9. The van der Waals surface area contributed by atoms with Crippen molar-refractivity contribution in [1.82, 2.24) is 4.98 Å². The Morgan fingerprint density at radius 2 is 2.32 bits per heavy atom. The molecular weight excluding hydrogens is 250 g/mol. The molecule has 1 heterocycles. The van der Waals surface area contributed by atoms with E-state index in [0.29, 0.717) is 29.6 Å². The van der Waals surface area contributed by atoms with Gasteiger partial charge in [-0.3, -0.25) is 10.1 Å². The summed E-state index contributed by atoms with van der Waals surface area (Å²) in [5.41, 5.74) is 0.962. The first-order chi connectivity index (χ1) is 9.11. The zero-order chi connectivity index (χ0) is 13.4. The fraction of sp³-hybridized carbons (Fsp3) is 0.417. The quantitative estimate of drug-likeness (QED) is 0.645. The fourth-order valence-electron chi connectivity index (χ4n) is 2.20. The van der Waals surface area contributed by atoms with Gasteiger partial charge < -0.3 is 14.8 Å². The summed E-state index contributed by atoms with van der Waals surface area (Å²) in [6.07, 6.45) is 1.40. The number of hydrogen-bond donors (Lipinski definition) is 2. The van der Waals surface area contributed by atoms with Crippen molar-refractivity contribution in [3.8, 4) is 0 Å². The maximum Gasteiger partial charge on any atom is 0.295 e. The highest BCUT2D eigenvalue weighted by atomic mass is 16.6. The molecule has 0 spiro atoms. The maximum atomic E-state index is 10.6. The highest BCUT2D eigenvalue weighted by molar-refractivity contribution is 5.77. The molecule has 0 unspecified atom stereocenters. The Morgan fingerprint density at radius 3 is 3.00 bits per heavy atom. The van der Waals surface area contributed by atoms with E-state index in [9.17, 15) is 15.2 Å². The van der Waals surface area contributed by atoms with Gasteiger partial charge in [0.25, 0.3) is 11.7 Å². The summed E-state index contributed by atoms with van der Waals surface area (Å²) in [4.78, 5) is 14.4. The number of nitro groups is 1. The van der Waals surface area contributed by atoms with Crippen molar-refractivity contribution in [2.75, 3.05) is 11.9 Å². The van der Waals surface area contributed by atoms with Gasteiger partial charge in [0, 0.05) is 12.6 Å². The number of fused-ring (bicyclic) bond motifs is 1. The van der Waals surface area contributed by atoms with Crippen LogP contribution in [0.4, 0.5) is 11.7 Å². The van der Waals surface area contributed by atoms with Crippen LogP contribution in [0, 0.1) is 16.0 Å². The topological polar surface area (TPSA) is 101 Å². The van der Waals surface area contributed by atoms with Crippen molar-refractivity contribution >= 4 is 22.8 Å². The molecule has 0 radical (unpaired) electrons. The van der Waals surface area contributed by atoms with Crippen LogP contribution in [-0.2, 0) is 0 Å². The summed E-state index contributed by atoms with van der Waals surface area (Å²) in [5, 5.41) is 22.9. The third kappa shape index (κ3) is 2.37. The predicted molar refractivity (Wildman–Crippen MR) is 67.9 cm³/mol. The van der Waals surface area contributed by atoms with E-state index in [4.69, 9.17) is 4.42 Å². The van der Waals surface area contributed by atoms with Gasteiger partial charge in [0.15, 0.2) is 5.58 Å². The Morgan fingerprint density at radius 1 is 1.53 bits per heavy atom. The van der Waals surface area contributed by atoms with E-state index in [1.807, 2.05) is 0 Å². The zero-order valence-electron chi connectivity index (χ0n) is 10.1. The number of aromatic nitrogens is 1. The number of hydrogen-bond acceptors (Lipinski definition) is 6. The lowest BCUT2D eigenvalue weighted by atomic mass is 9.82. The largest absolute Gasteiger partial charge is 0.423 e. The molecule has 7 heteroatoms. The molecule has 100 valence electrons. The Kier molecular flexibility index (Phi) is 2.83. The standard InChI is InChI=1S/C12H13N3O4/c16-9-3-7(4-9)6-13-12-14-10-2-1-8(15(17)18)5-11(10)19-12/h1-2,5,7,9,16H,3-4,6H2,(H,13,14). The van der Waals surface area contributed by atoms with Crippen LogP contribution in [0.2, 0.25) is 0 Å². The number of anilines is 1. The maximum absolute atomic E-state index is 10.6. The van der Waals surface area contributed by atoms with Crippen molar-refractivity contribution in [3.63, 3.8) is 0 Å². The number of nitrogens with one attached hydrogen (secondary N) is 1. The van der Waals surface area contributed by atoms with Crippen LogP contribution in [0.25, 0.3) is 11.1 Å². The number of oxazole rings is 1. The van der Waals surface area contributed by atoms with E-state index in [1.165, 1.54) is 12.1 Å². The predicted octanol–water partition coefficient (Wildman–Crippen LogP) is 1.92. The highest BCUT2D eigenvalue weighted by Crippen LogP contribution is 2.28. The van der Waals surface area contributed by atoms with Crippen LogP contribution in [0.15, 0.2) is 22.6 Å². The number of nitrogens with zero attached hydrogens (tertiary/aromatic N) is 2. The first-order valence-electron chi connectivity index (χ1n) is 6.09. The molecule has 1 fully saturated rings. The average molecular weight is 263 g/mol. The molecule has 1 aliphatic carbocycles. The van der Waals surface area contributed by atoms with Crippen LogP contribution in [0.5, 0.6) is 0 Å². The van der Waals surface area contributed by atoms with Crippen molar-refractivity contribution in [1.29, 1.82) is 0 Å². The molecule has 1 saturated carbocycles. The molecule has 1 aliphatic rings. The van der Waals surface area contributed by atoms with Gasteiger partial charge in [0.05, 0.1) is 17.1 Å². The number of benzene rings is 1. The highest BCUT2D eigenvalue weighted by Gasteiger charge is 2.27. The number of aliphatic hydroxyl groups is 1. The summed E-state index contributed by atoms with van der Waals surface area (Å²) in [5.74, 6) is 0.430. The number of non-ortho nitro benzene ring substituents is 1. The van der Waals surface area contributed by atoms with Crippen LogP contribution in [0.1, 0.15) is 12.8 Å². The SMILES string of the molecule is O=[N+]([O-])c1ccc2nc(NCC3CC(O)C3)oc2c1. The van der Waals surface area contributed by atoms with Crippen LogP contribution < -0.4 is 5.32 Å². The molecular formula is C12H13N3O4. The molecule has 2 aromatic rings. The molecule has 0 saturated heterocycles. The third-order valence-electron chi connectivity index (χ3n) is 3.34. The van der Waals surface area contributed by atoms with Gasteiger partial charge in [-0.1, -0.05) is 0 Å². The van der Waals surface area contributed by atoms with Gasteiger partial charge in [-0.2, -0.15) is 4.98 Å². The summed E-state index contributed by atoms with van der Waals surface area (Å²) < 4.78 is 5.42. The van der Waals surface area contributed by atoms with Gasteiger partial charge >= 0.3 is 0 Å². The molecule has 0 bridgehead atoms. The van der Waals surface area contributed by atoms with E-state index in [2.05, 4.69) is 10.3 Å². The second kappa shape index (κ2) is 4.51. The summed E-state index contributed by atoms with van der Waals surface area (Å²) in [7, 11) is 0. The van der Waals surface area contributed by atoms with Crippen molar-refractivity contribution in [2.24, 2.45) is 5.92 Å². The number of aliphatic hydroxyl groups excluding tert-OH is 1.